The summed E-state index contributed by atoms with van der Waals surface area (Å²) in [4.78, 5) is 0. The number of benzene rings is 2. The lowest BCUT2D eigenvalue weighted by Gasteiger charge is -2.10. The van der Waals surface area contributed by atoms with Gasteiger partial charge in [-0.2, -0.15) is 0 Å². The number of hydrogen-bond donors (Lipinski definition) is 0. The Balaban J connectivity index is 2.02. The van der Waals surface area contributed by atoms with E-state index in [9.17, 15) is 4.39 Å². The van der Waals surface area contributed by atoms with Gasteiger partial charge in [0.05, 0.1) is 19.2 Å². The molecule has 0 fully saturated rings. The van der Waals surface area contributed by atoms with Crippen LogP contribution in [0.25, 0.3) is 10.9 Å². The number of rotatable bonds is 4. The largest absolute Gasteiger partial charge is 0.497 e. The minimum Gasteiger partial charge on any atom is -0.497 e. The monoisotopic (exact) mass is 283 g/mol. The molecular weight excluding hydrogens is 265 g/mol. The Hall–Kier alpha value is -2.29. The molecule has 0 aliphatic heterocycles. The summed E-state index contributed by atoms with van der Waals surface area (Å²) in [5.41, 5.74) is 3.14. The standard InChI is InChI=1S/C18H18FNO/c1-3-13-5-4-6-14-9-10-20(18(13)14)12-15-7-8-16(21-2)11-17(15)19/h4-11H,3,12H2,1-2H3. The molecule has 0 saturated heterocycles. The number of hydrogen-bond acceptors (Lipinski definition) is 1. The van der Waals surface area contributed by atoms with E-state index in [1.54, 1.807) is 19.2 Å². The van der Waals surface area contributed by atoms with Crippen molar-refractivity contribution in [2.24, 2.45) is 0 Å². The topological polar surface area (TPSA) is 14.2 Å². The second-order valence-electron chi connectivity index (χ2n) is 5.11. The van der Waals surface area contributed by atoms with E-state index in [4.69, 9.17) is 4.74 Å². The van der Waals surface area contributed by atoms with Crippen molar-refractivity contribution in [2.75, 3.05) is 7.11 Å². The van der Waals surface area contributed by atoms with Gasteiger partial charge in [-0.3, -0.25) is 0 Å². The van der Waals surface area contributed by atoms with Crippen molar-refractivity contribution in [1.29, 1.82) is 0 Å². The van der Waals surface area contributed by atoms with Crippen LogP contribution in [0.15, 0.2) is 48.7 Å². The molecule has 0 amide bonds. The number of nitrogens with zero attached hydrogens (tertiary/aromatic N) is 1. The Labute approximate surface area is 123 Å². The first-order valence-corrected chi connectivity index (χ1v) is 7.12. The quantitative estimate of drug-likeness (QED) is 0.692. The maximum absolute atomic E-state index is 14.1. The lowest BCUT2D eigenvalue weighted by molar-refractivity contribution is 0.410. The van der Waals surface area contributed by atoms with E-state index in [1.807, 2.05) is 6.20 Å². The summed E-state index contributed by atoms with van der Waals surface area (Å²) in [5.74, 6) is 0.313. The molecule has 0 spiro atoms. The van der Waals surface area contributed by atoms with Crippen LogP contribution >= 0.6 is 0 Å². The van der Waals surface area contributed by atoms with Crippen molar-refractivity contribution in [1.82, 2.24) is 4.57 Å². The maximum Gasteiger partial charge on any atom is 0.131 e. The first-order valence-electron chi connectivity index (χ1n) is 7.12. The number of halogens is 1. The fourth-order valence-electron chi connectivity index (χ4n) is 2.72. The highest BCUT2D eigenvalue weighted by molar-refractivity contribution is 5.83. The molecule has 108 valence electrons. The van der Waals surface area contributed by atoms with E-state index >= 15 is 0 Å². The van der Waals surface area contributed by atoms with Crippen LogP contribution in [0, 0.1) is 5.82 Å². The van der Waals surface area contributed by atoms with Crippen LogP contribution in [-0.2, 0) is 13.0 Å². The van der Waals surface area contributed by atoms with Crippen LogP contribution in [0.1, 0.15) is 18.1 Å². The Morgan fingerprint density at radius 3 is 2.67 bits per heavy atom. The molecule has 0 unspecified atom stereocenters. The molecule has 21 heavy (non-hydrogen) atoms. The zero-order valence-corrected chi connectivity index (χ0v) is 12.3. The van der Waals surface area contributed by atoms with Gasteiger partial charge in [0, 0.05) is 17.8 Å². The van der Waals surface area contributed by atoms with Crippen molar-refractivity contribution in [3.8, 4) is 5.75 Å². The van der Waals surface area contributed by atoms with Gasteiger partial charge in [0.1, 0.15) is 11.6 Å². The SMILES string of the molecule is CCc1cccc2ccn(Cc3ccc(OC)cc3F)c12. The number of aromatic nitrogens is 1. The first kappa shape index (κ1) is 13.7. The average Bonchev–Trinajstić information content (AvgIpc) is 2.92. The van der Waals surface area contributed by atoms with Crippen molar-refractivity contribution in [3.05, 3.63) is 65.6 Å². The van der Waals surface area contributed by atoms with Crippen LogP contribution in [0.4, 0.5) is 4.39 Å². The van der Waals surface area contributed by atoms with Crippen molar-refractivity contribution < 1.29 is 9.13 Å². The number of ether oxygens (including phenoxy) is 1. The summed E-state index contributed by atoms with van der Waals surface area (Å²) in [6, 6.07) is 13.4. The third kappa shape index (κ3) is 2.51. The minimum atomic E-state index is -0.231. The van der Waals surface area contributed by atoms with Crippen LogP contribution in [-0.4, -0.2) is 11.7 Å². The number of para-hydroxylation sites is 1. The zero-order chi connectivity index (χ0) is 14.8. The Morgan fingerprint density at radius 1 is 1.10 bits per heavy atom. The molecule has 0 aliphatic rings. The zero-order valence-electron chi connectivity index (χ0n) is 12.3. The molecule has 2 aromatic carbocycles. The van der Waals surface area contributed by atoms with Crippen LogP contribution in [0.2, 0.25) is 0 Å². The molecule has 0 aliphatic carbocycles. The highest BCUT2D eigenvalue weighted by Gasteiger charge is 2.09. The second kappa shape index (κ2) is 5.60. The molecule has 0 N–H and O–H groups in total. The molecule has 2 nitrogen and oxygen atoms in total. The predicted molar refractivity (Wildman–Crippen MR) is 83.4 cm³/mol. The molecule has 0 bridgehead atoms. The van der Waals surface area contributed by atoms with Gasteiger partial charge in [-0.15, -0.1) is 0 Å². The van der Waals surface area contributed by atoms with E-state index in [0.29, 0.717) is 17.9 Å². The van der Waals surface area contributed by atoms with Gasteiger partial charge in [0.15, 0.2) is 0 Å². The minimum absolute atomic E-state index is 0.231. The lowest BCUT2D eigenvalue weighted by Crippen LogP contribution is -2.02. The lowest BCUT2D eigenvalue weighted by atomic mass is 10.1. The van der Waals surface area contributed by atoms with E-state index in [0.717, 1.165) is 6.42 Å². The van der Waals surface area contributed by atoms with Gasteiger partial charge in [0.2, 0.25) is 0 Å². The first-order chi connectivity index (χ1) is 10.2. The van der Waals surface area contributed by atoms with Crippen LogP contribution in [0.3, 0.4) is 0 Å². The number of fused-ring (bicyclic) bond motifs is 1. The fourth-order valence-corrected chi connectivity index (χ4v) is 2.72. The summed E-state index contributed by atoms with van der Waals surface area (Å²) >= 11 is 0. The maximum atomic E-state index is 14.1. The molecule has 0 atom stereocenters. The molecule has 0 radical (unpaired) electrons. The summed E-state index contributed by atoms with van der Waals surface area (Å²) < 4.78 is 21.3. The van der Waals surface area contributed by atoms with Gasteiger partial charge in [0.25, 0.3) is 0 Å². The molecule has 1 heterocycles. The number of methoxy groups -OCH3 is 1. The molecule has 1 aromatic heterocycles. The summed E-state index contributed by atoms with van der Waals surface area (Å²) in [5, 5.41) is 1.20. The summed E-state index contributed by atoms with van der Waals surface area (Å²) in [6.07, 6.45) is 2.99. The fraction of sp³-hybridized carbons (Fsp3) is 0.222. The molecule has 3 rings (SSSR count). The molecule has 3 aromatic rings. The van der Waals surface area contributed by atoms with Gasteiger partial charge < -0.3 is 9.30 Å². The van der Waals surface area contributed by atoms with E-state index in [-0.39, 0.29) is 5.82 Å². The normalized spacial score (nSPS) is 11.0. The van der Waals surface area contributed by atoms with Crippen LogP contribution < -0.4 is 4.74 Å². The third-order valence-electron chi connectivity index (χ3n) is 3.85. The van der Waals surface area contributed by atoms with E-state index in [1.165, 1.54) is 22.5 Å². The molecular formula is C18H18FNO. The predicted octanol–water partition coefficient (Wildman–Crippen LogP) is 4.40. The Bertz CT molecular complexity index is 776. The van der Waals surface area contributed by atoms with E-state index in [2.05, 4.69) is 35.8 Å². The highest BCUT2D eigenvalue weighted by Crippen LogP contribution is 2.23. The van der Waals surface area contributed by atoms with Gasteiger partial charge in [-0.1, -0.05) is 31.2 Å². The summed E-state index contributed by atoms with van der Waals surface area (Å²) in [6.45, 7) is 2.66. The van der Waals surface area contributed by atoms with Gasteiger partial charge in [-0.05, 0) is 29.5 Å². The average molecular weight is 283 g/mol. The third-order valence-corrected chi connectivity index (χ3v) is 3.85. The van der Waals surface area contributed by atoms with Crippen molar-refractivity contribution >= 4 is 10.9 Å². The smallest absolute Gasteiger partial charge is 0.131 e. The molecule has 3 heteroatoms. The number of aryl methyl sites for hydroxylation is 1. The van der Waals surface area contributed by atoms with Gasteiger partial charge >= 0.3 is 0 Å². The summed E-state index contributed by atoms with van der Waals surface area (Å²) in [7, 11) is 1.54. The van der Waals surface area contributed by atoms with Crippen molar-refractivity contribution in [3.63, 3.8) is 0 Å². The Morgan fingerprint density at radius 2 is 1.95 bits per heavy atom. The van der Waals surface area contributed by atoms with Crippen LogP contribution in [0.5, 0.6) is 5.75 Å². The molecule has 0 saturated carbocycles. The van der Waals surface area contributed by atoms with E-state index < -0.39 is 0 Å². The second-order valence-corrected chi connectivity index (χ2v) is 5.11. The Kier molecular flexibility index (Phi) is 3.65. The van der Waals surface area contributed by atoms with Gasteiger partial charge in [-0.25, -0.2) is 4.39 Å². The highest BCUT2D eigenvalue weighted by atomic mass is 19.1. The van der Waals surface area contributed by atoms with Crippen molar-refractivity contribution in [2.45, 2.75) is 19.9 Å².